The van der Waals surface area contributed by atoms with Crippen LogP contribution in [0.4, 0.5) is 17.2 Å². The summed E-state index contributed by atoms with van der Waals surface area (Å²) in [7, 11) is 0. The van der Waals surface area contributed by atoms with Crippen molar-refractivity contribution in [3.63, 3.8) is 0 Å². The fourth-order valence-electron chi connectivity index (χ4n) is 2.45. The molecule has 0 bridgehead atoms. The van der Waals surface area contributed by atoms with Crippen LogP contribution in [0, 0.1) is 13.8 Å². The second kappa shape index (κ2) is 7.32. The van der Waals surface area contributed by atoms with Gasteiger partial charge in [0.05, 0.1) is 28.2 Å². The van der Waals surface area contributed by atoms with E-state index >= 15 is 0 Å². The zero-order valence-electron chi connectivity index (χ0n) is 13.9. The van der Waals surface area contributed by atoms with Crippen LogP contribution < -0.4 is 10.6 Å². The molecule has 0 spiro atoms. The summed E-state index contributed by atoms with van der Waals surface area (Å²) in [5.41, 5.74) is 4.28. The van der Waals surface area contributed by atoms with Crippen LogP contribution in [0.2, 0.25) is 5.02 Å². The van der Waals surface area contributed by atoms with E-state index in [2.05, 4.69) is 26.7 Å². The molecule has 25 heavy (non-hydrogen) atoms. The predicted octanol–water partition coefficient (Wildman–Crippen LogP) is 4.74. The molecule has 2 heterocycles. The summed E-state index contributed by atoms with van der Waals surface area (Å²) in [6.07, 6.45) is 4.77. The number of aromatic nitrogens is 2. The fraction of sp³-hybridized carbons (Fsp3) is 0.105. The Balaban J connectivity index is 1.72. The first-order valence-corrected chi connectivity index (χ1v) is 8.12. The number of carbonyl (C=O) groups excluding carboxylic acids is 1. The van der Waals surface area contributed by atoms with Gasteiger partial charge >= 0.3 is 0 Å². The number of aryl methyl sites for hydroxylation is 2. The maximum atomic E-state index is 12.1. The van der Waals surface area contributed by atoms with Crippen LogP contribution in [0.25, 0.3) is 0 Å². The van der Waals surface area contributed by atoms with Gasteiger partial charge in [-0.2, -0.15) is 0 Å². The lowest BCUT2D eigenvalue weighted by Gasteiger charge is -2.13. The Hall–Kier alpha value is -2.92. The van der Waals surface area contributed by atoms with E-state index < -0.39 is 0 Å². The van der Waals surface area contributed by atoms with Crippen molar-refractivity contribution in [2.75, 3.05) is 10.6 Å². The van der Waals surface area contributed by atoms with E-state index in [-0.39, 0.29) is 5.91 Å². The highest BCUT2D eigenvalue weighted by Gasteiger charge is 2.08. The van der Waals surface area contributed by atoms with Crippen molar-refractivity contribution in [1.82, 2.24) is 9.97 Å². The largest absolute Gasteiger partial charge is 0.353 e. The van der Waals surface area contributed by atoms with Crippen molar-refractivity contribution in [1.29, 1.82) is 0 Å². The van der Waals surface area contributed by atoms with Gasteiger partial charge in [-0.15, -0.1) is 0 Å². The van der Waals surface area contributed by atoms with E-state index in [9.17, 15) is 4.79 Å². The minimum absolute atomic E-state index is 0.251. The number of hydrogen-bond donors (Lipinski definition) is 2. The first kappa shape index (κ1) is 16.9. The molecule has 2 aromatic heterocycles. The number of carbonyl (C=O) groups is 1. The van der Waals surface area contributed by atoms with Gasteiger partial charge in [0, 0.05) is 12.4 Å². The zero-order valence-corrected chi connectivity index (χ0v) is 14.6. The third-order valence-electron chi connectivity index (χ3n) is 3.63. The minimum Gasteiger partial charge on any atom is -0.353 e. The van der Waals surface area contributed by atoms with Crippen LogP contribution in [-0.4, -0.2) is 15.9 Å². The highest BCUT2D eigenvalue weighted by molar-refractivity contribution is 6.33. The molecule has 0 aliphatic rings. The van der Waals surface area contributed by atoms with E-state index in [0.29, 0.717) is 16.4 Å². The van der Waals surface area contributed by atoms with Crippen molar-refractivity contribution in [3.05, 3.63) is 76.7 Å². The average Bonchev–Trinajstić information content (AvgIpc) is 2.60. The molecule has 0 aliphatic heterocycles. The van der Waals surface area contributed by atoms with Gasteiger partial charge in [0.1, 0.15) is 5.82 Å². The van der Waals surface area contributed by atoms with Crippen molar-refractivity contribution in [2.45, 2.75) is 13.8 Å². The molecule has 0 saturated carbocycles. The number of pyridine rings is 2. The molecule has 2 N–H and O–H groups in total. The summed E-state index contributed by atoms with van der Waals surface area (Å²) in [6.45, 7) is 4.00. The maximum absolute atomic E-state index is 12.1. The summed E-state index contributed by atoms with van der Waals surface area (Å²) < 4.78 is 0. The normalized spacial score (nSPS) is 10.4. The van der Waals surface area contributed by atoms with E-state index in [1.54, 1.807) is 30.6 Å². The van der Waals surface area contributed by atoms with E-state index in [1.165, 1.54) is 6.20 Å². The first-order chi connectivity index (χ1) is 12.0. The van der Waals surface area contributed by atoms with Gasteiger partial charge in [0.15, 0.2) is 0 Å². The summed E-state index contributed by atoms with van der Waals surface area (Å²) in [5.74, 6) is 0.213. The molecule has 1 aromatic carbocycles. The van der Waals surface area contributed by atoms with E-state index in [4.69, 9.17) is 11.6 Å². The Bertz CT molecular complexity index is 872. The highest BCUT2D eigenvalue weighted by atomic mass is 35.5. The monoisotopic (exact) mass is 352 g/mol. The lowest BCUT2D eigenvalue weighted by atomic mass is 10.1. The number of benzene rings is 1. The summed E-state index contributed by atoms with van der Waals surface area (Å²) in [6, 6.07) is 10.9. The Kier molecular flexibility index (Phi) is 4.95. The molecule has 0 atom stereocenters. The Morgan fingerprint density at radius 2 is 1.96 bits per heavy atom. The van der Waals surface area contributed by atoms with Crippen molar-refractivity contribution in [2.24, 2.45) is 0 Å². The molecule has 0 fully saturated rings. The van der Waals surface area contributed by atoms with Crippen molar-refractivity contribution < 1.29 is 4.79 Å². The molecule has 0 saturated heterocycles. The SMILES string of the molecule is Cc1cc(C)c(Nc2ccc(NC(=O)c3cccnc3)nc2)c(Cl)c1. The number of nitrogens with one attached hydrogen (secondary N) is 2. The molecule has 3 aromatic rings. The molecular weight excluding hydrogens is 336 g/mol. The smallest absolute Gasteiger partial charge is 0.258 e. The van der Waals surface area contributed by atoms with Gasteiger partial charge in [-0.1, -0.05) is 17.7 Å². The second-order valence-electron chi connectivity index (χ2n) is 5.69. The third-order valence-corrected chi connectivity index (χ3v) is 3.93. The summed E-state index contributed by atoms with van der Waals surface area (Å²) in [5, 5.41) is 6.66. The van der Waals surface area contributed by atoms with E-state index in [1.807, 2.05) is 26.0 Å². The van der Waals surface area contributed by atoms with Crippen LogP contribution in [0.15, 0.2) is 55.0 Å². The third kappa shape index (κ3) is 4.14. The number of nitrogens with zero attached hydrogens (tertiary/aromatic N) is 2. The van der Waals surface area contributed by atoms with Crippen LogP contribution in [0.3, 0.4) is 0 Å². The molecule has 0 unspecified atom stereocenters. The van der Waals surface area contributed by atoms with Crippen LogP contribution >= 0.6 is 11.6 Å². The Morgan fingerprint density at radius 1 is 1.12 bits per heavy atom. The predicted molar refractivity (Wildman–Crippen MR) is 101 cm³/mol. The summed E-state index contributed by atoms with van der Waals surface area (Å²) >= 11 is 6.31. The van der Waals surface area contributed by atoms with Crippen LogP contribution in [0.1, 0.15) is 21.5 Å². The van der Waals surface area contributed by atoms with Gasteiger partial charge in [-0.3, -0.25) is 9.78 Å². The maximum Gasteiger partial charge on any atom is 0.258 e. The molecular formula is C19H17ClN4O. The first-order valence-electron chi connectivity index (χ1n) is 7.74. The van der Waals surface area contributed by atoms with Gasteiger partial charge in [-0.05, 0) is 55.3 Å². The molecule has 126 valence electrons. The standard InChI is InChI=1S/C19H17ClN4O/c1-12-8-13(2)18(16(20)9-12)23-15-5-6-17(22-11-15)24-19(25)14-4-3-7-21-10-14/h3-11,23H,1-2H3,(H,22,24,25). The number of rotatable bonds is 4. The lowest BCUT2D eigenvalue weighted by Crippen LogP contribution is -2.13. The molecule has 5 nitrogen and oxygen atoms in total. The van der Waals surface area contributed by atoms with Gasteiger partial charge in [0.2, 0.25) is 0 Å². The molecule has 1 amide bonds. The quantitative estimate of drug-likeness (QED) is 0.711. The molecule has 0 radical (unpaired) electrons. The molecule has 6 heteroatoms. The minimum atomic E-state index is -0.251. The number of anilines is 3. The second-order valence-corrected chi connectivity index (χ2v) is 6.10. The van der Waals surface area contributed by atoms with Crippen LogP contribution in [0.5, 0.6) is 0 Å². The van der Waals surface area contributed by atoms with Gasteiger partial charge in [-0.25, -0.2) is 4.98 Å². The summed E-state index contributed by atoms with van der Waals surface area (Å²) in [4.78, 5) is 20.3. The Morgan fingerprint density at radius 3 is 2.60 bits per heavy atom. The highest BCUT2D eigenvalue weighted by Crippen LogP contribution is 2.30. The number of amides is 1. The lowest BCUT2D eigenvalue weighted by molar-refractivity contribution is 0.102. The van der Waals surface area contributed by atoms with E-state index in [0.717, 1.165) is 22.5 Å². The van der Waals surface area contributed by atoms with Gasteiger partial charge < -0.3 is 10.6 Å². The number of halogens is 1. The topological polar surface area (TPSA) is 66.9 Å². The molecule has 3 rings (SSSR count). The number of hydrogen-bond acceptors (Lipinski definition) is 4. The fourth-order valence-corrected chi connectivity index (χ4v) is 2.81. The van der Waals surface area contributed by atoms with Crippen molar-refractivity contribution >= 4 is 34.7 Å². The average molecular weight is 353 g/mol. The van der Waals surface area contributed by atoms with Crippen molar-refractivity contribution in [3.8, 4) is 0 Å². The zero-order chi connectivity index (χ0) is 17.8. The van der Waals surface area contributed by atoms with Gasteiger partial charge in [0.25, 0.3) is 5.91 Å². The van der Waals surface area contributed by atoms with Crippen LogP contribution in [-0.2, 0) is 0 Å². The molecule has 0 aliphatic carbocycles. The Labute approximate surface area is 151 Å².